The van der Waals surface area contributed by atoms with Crippen LogP contribution in [-0.4, -0.2) is 46.5 Å². The van der Waals surface area contributed by atoms with E-state index in [-0.39, 0.29) is 35.3 Å². The highest BCUT2D eigenvalue weighted by Crippen LogP contribution is 2.63. The van der Waals surface area contributed by atoms with Crippen LogP contribution >= 0.6 is 0 Å². The van der Waals surface area contributed by atoms with E-state index in [1.807, 2.05) is 6.07 Å². The van der Waals surface area contributed by atoms with Crippen LogP contribution in [0.2, 0.25) is 0 Å². The van der Waals surface area contributed by atoms with Crippen LogP contribution in [0.25, 0.3) is 10.9 Å². The van der Waals surface area contributed by atoms with Crippen LogP contribution in [0.1, 0.15) is 20.3 Å². The Kier molecular flexibility index (Phi) is 3.87. The van der Waals surface area contributed by atoms with E-state index in [9.17, 15) is 14.4 Å². The number of carbonyl (C=O) groups excluding carboxylic acids is 2. The number of rotatable bonds is 3. The average Bonchev–Trinajstić information content (AvgIpc) is 2.99. The molecule has 1 aliphatic carbocycles. The molecule has 1 saturated heterocycles. The fourth-order valence-corrected chi connectivity index (χ4v) is 5.03. The number of methoxy groups -OCH3 is 1. The summed E-state index contributed by atoms with van der Waals surface area (Å²) in [7, 11) is 1.39. The molecule has 1 aromatic carbocycles. The van der Waals surface area contributed by atoms with E-state index in [0.717, 1.165) is 0 Å². The molecule has 1 aromatic heterocycles. The van der Waals surface area contributed by atoms with E-state index in [1.54, 1.807) is 23.1 Å². The second-order valence-corrected chi connectivity index (χ2v) is 8.33. The van der Waals surface area contributed by atoms with Crippen molar-refractivity contribution in [1.29, 1.82) is 0 Å². The molecule has 4 rings (SSSR count). The van der Waals surface area contributed by atoms with Crippen LogP contribution in [0.5, 0.6) is 0 Å². The topological polar surface area (TPSA) is 81.5 Å². The van der Waals surface area contributed by atoms with Crippen molar-refractivity contribution in [1.82, 2.24) is 14.5 Å². The molecule has 0 radical (unpaired) electrons. The Morgan fingerprint density at radius 3 is 2.74 bits per heavy atom. The quantitative estimate of drug-likeness (QED) is 0.765. The number of fused-ring (bicyclic) bond motifs is 2. The number of aromatic nitrogens is 2. The van der Waals surface area contributed by atoms with Crippen molar-refractivity contribution in [2.45, 2.75) is 26.8 Å². The molecule has 142 valence electrons. The molecule has 7 heteroatoms. The highest BCUT2D eigenvalue weighted by atomic mass is 16.5. The van der Waals surface area contributed by atoms with Crippen molar-refractivity contribution in [3.8, 4) is 0 Å². The van der Waals surface area contributed by atoms with Gasteiger partial charge in [0.25, 0.3) is 5.56 Å². The van der Waals surface area contributed by atoms with Gasteiger partial charge in [0, 0.05) is 13.1 Å². The summed E-state index contributed by atoms with van der Waals surface area (Å²) >= 11 is 0. The summed E-state index contributed by atoms with van der Waals surface area (Å²) < 4.78 is 6.36. The van der Waals surface area contributed by atoms with Gasteiger partial charge in [-0.25, -0.2) is 4.98 Å². The number of ether oxygens (including phenoxy) is 1. The van der Waals surface area contributed by atoms with Crippen LogP contribution in [0, 0.1) is 16.7 Å². The summed E-state index contributed by atoms with van der Waals surface area (Å²) in [5.41, 5.74) is -0.249. The summed E-state index contributed by atoms with van der Waals surface area (Å²) in [6, 6.07) is 7.07. The summed E-state index contributed by atoms with van der Waals surface area (Å²) in [4.78, 5) is 43.8. The van der Waals surface area contributed by atoms with Crippen molar-refractivity contribution in [3.63, 3.8) is 0 Å². The maximum absolute atomic E-state index is 12.9. The largest absolute Gasteiger partial charge is 0.469 e. The van der Waals surface area contributed by atoms with Gasteiger partial charge in [-0.1, -0.05) is 26.0 Å². The molecule has 1 amide bonds. The van der Waals surface area contributed by atoms with Gasteiger partial charge in [0.1, 0.15) is 6.54 Å². The molecule has 2 atom stereocenters. The maximum atomic E-state index is 12.9. The SMILES string of the molecule is COC(=O)[C@@]12CN(C(=O)Cn3cnc4ccccc4c3=O)C[C@@H]1C(C)(C)C2. The van der Waals surface area contributed by atoms with Gasteiger partial charge >= 0.3 is 5.97 Å². The molecule has 0 unspecified atom stereocenters. The Balaban J connectivity index is 1.57. The van der Waals surface area contributed by atoms with Gasteiger partial charge in [0.2, 0.25) is 5.91 Å². The lowest BCUT2D eigenvalue weighted by atomic mass is 9.48. The van der Waals surface area contributed by atoms with E-state index < -0.39 is 5.41 Å². The highest BCUT2D eigenvalue weighted by Gasteiger charge is 2.67. The van der Waals surface area contributed by atoms with Crippen molar-refractivity contribution in [2.24, 2.45) is 16.7 Å². The fourth-order valence-electron chi connectivity index (χ4n) is 5.03. The number of hydrogen-bond acceptors (Lipinski definition) is 5. The molecule has 27 heavy (non-hydrogen) atoms. The van der Waals surface area contributed by atoms with E-state index in [2.05, 4.69) is 18.8 Å². The van der Waals surface area contributed by atoms with Crippen LogP contribution in [0.15, 0.2) is 35.4 Å². The maximum Gasteiger partial charge on any atom is 0.314 e. The summed E-state index contributed by atoms with van der Waals surface area (Å²) in [5, 5.41) is 0.487. The first-order chi connectivity index (χ1) is 12.8. The minimum atomic E-state index is -0.611. The van der Waals surface area contributed by atoms with Gasteiger partial charge in [-0.3, -0.25) is 19.0 Å². The van der Waals surface area contributed by atoms with Gasteiger partial charge in [-0.2, -0.15) is 0 Å². The first-order valence-electron chi connectivity index (χ1n) is 9.09. The minimum absolute atomic E-state index is 0.00936. The second-order valence-electron chi connectivity index (χ2n) is 8.33. The molecule has 0 spiro atoms. The molecule has 2 fully saturated rings. The number of nitrogens with zero attached hydrogens (tertiary/aromatic N) is 3. The number of benzene rings is 1. The third-order valence-corrected chi connectivity index (χ3v) is 6.24. The molecule has 0 N–H and O–H groups in total. The fraction of sp³-hybridized carbons (Fsp3) is 0.500. The van der Waals surface area contributed by atoms with Crippen molar-refractivity contribution >= 4 is 22.8 Å². The molecular formula is C20H23N3O4. The van der Waals surface area contributed by atoms with Crippen molar-refractivity contribution in [2.75, 3.05) is 20.2 Å². The number of amides is 1. The zero-order valence-corrected chi connectivity index (χ0v) is 15.8. The molecule has 0 bridgehead atoms. The monoisotopic (exact) mass is 369 g/mol. The van der Waals surface area contributed by atoms with E-state index in [4.69, 9.17) is 4.74 Å². The summed E-state index contributed by atoms with van der Waals surface area (Å²) in [6.45, 7) is 5.01. The third-order valence-electron chi connectivity index (χ3n) is 6.24. The van der Waals surface area contributed by atoms with Crippen LogP contribution in [-0.2, 0) is 20.9 Å². The van der Waals surface area contributed by atoms with Gasteiger partial charge < -0.3 is 9.64 Å². The number of hydrogen-bond donors (Lipinski definition) is 0. The van der Waals surface area contributed by atoms with Crippen molar-refractivity contribution < 1.29 is 14.3 Å². The lowest BCUT2D eigenvalue weighted by molar-refractivity contribution is -0.174. The number of likely N-dealkylation sites (tertiary alicyclic amines) is 1. The first kappa shape index (κ1) is 17.7. The zero-order valence-electron chi connectivity index (χ0n) is 15.8. The molecule has 2 heterocycles. The number of esters is 1. The number of para-hydroxylation sites is 1. The number of carbonyl (C=O) groups is 2. The predicted octanol–water partition coefficient (Wildman–Crippen LogP) is 1.44. The highest BCUT2D eigenvalue weighted by molar-refractivity contribution is 5.84. The smallest absolute Gasteiger partial charge is 0.314 e. The van der Waals surface area contributed by atoms with Gasteiger partial charge in [-0.15, -0.1) is 0 Å². The summed E-state index contributed by atoms with van der Waals surface area (Å²) in [5.74, 6) is -0.345. The van der Waals surface area contributed by atoms with Crippen molar-refractivity contribution in [3.05, 3.63) is 40.9 Å². The van der Waals surface area contributed by atoms with E-state index >= 15 is 0 Å². The molecule has 1 aliphatic heterocycles. The Morgan fingerprint density at radius 2 is 2.04 bits per heavy atom. The lowest BCUT2D eigenvalue weighted by Gasteiger charge is -2.54. The van der Waals surface area contributed by atoms with Crippen LogP contribution < -0.4 is 5.56 Å². The van der Waals surface area contributed by atoms with Crippen LogP contribution in [0.4, 0.5) is 0 Å². The zero-order chi connectivity index (χ0) is 19.4. The third kappa shape index (κ3) is 2.56. The second kappa shape index (κ2) is 5.90. The first-order valence-corrected chi connectivity index (χ1v) is 9.09. The Morgan fingerprint density at radius 1 is 1.30 bits per heavy atom. The van der Waals surface area contributed by atoms with E-state index in [0.29, 0.717) is 30.4 Å². The average molecular weight is 369 g/mol. The normalized spacial score (nSPS) is 25.7. The molecule has 2 aliphatic rings. The van der Waals surface area contributed by atoms with Crippen LogP contribution in [0.3, 0.4) is 0 Å². The standard InChI is InChI=1S/C20H23N3O4/c1-19(2)10-20(18(26)27-3)11-22(8-15(19)20)16(24)9-23-12-21-14-7-5-4-6-13(14)17(23)25/h4-7,12,15H,8-11H2,1-3H3/t15-,20+/m1/s1. The summed E-state index contributed by atoms with van der Waals surface area (Å²) in [6.07, 6.45) is 2.12. The minimum Gasteiger partial charge on any atom is -0.469 e. The molecule has 2 aromatic rings. The van der Waals surface area contributed by atoms with Gasteiger partial charge in [0.05, 0.1) is 29.8 Å². The molecular weight excluding hydrogens is 346 g/mol. The Bertz CT molecular complexity index is 996. The predicted molar refractivity (Wildman–Crippen MR) is 98.9 cm³/mol. The Labute approximate surface area is 156 Å². The Hall–Kier alpha value is -2.70. The van der Waals surface area contributed by atoms with Gasteiger partial charge in [0.15, 0.2) is 0 Å². The van der Waals surface area contributed by atoms with E-state index in [1.165, 1.54) is 18.0 Å². The van der Waals surface area contributed by atoms with Gasteiger partial charge in [-0.05, 0) is 29.9 Å². The molecule has 7 nitrogen and oxygen atoms in total. The lowest BCUT2D eigenvalue weighted by Crippen LogP contribution is -2.57. The molecule has 1 saturated carbocycles.